The number of aliphatic hydroxyl groups is 1. The number of halogens is 2. The van der Waals surface area contributed by atoms with Crippen LogP contribution < -0.4 is 10.1 Å². The first-order chi connectivity index (χ1) is 7.65. The average molecular weight is 264 g/mol. The van der Waals surface area contributed by atoms with Crippen LogP contribution in [0.25, 0.3) is 0 Å². The number of aliphatic hydroxyl groups excluding tert-OH is 1. The van der Waals surface area contributed by atoms with Gasteiger partial charge in [-0.2, -0.15) is 0 Å². The molecule has 1 aromatic rings. The monoisotopic (exact) mass is 263 g/mol. The van der Waals surface area contributed by atoms with Crippen molar-refractivity contribution in [1.29, 1.82) is 0 Å². The number of nitrogens with one attached hydrogen (secondary N) is 1. The minimum Gasteiger partial charge on any atom is -0.495 e. The van der Waals surface area contributed by atoms with E-state index in [0.29, 0.717) is 22.3 Å². The van der Waals surface area contributed by atoms with Gasteiger partial charge < -0.3 is 15.2 Å². The van der Waals surface area contributed by atoms with E-state index in [9.17, 15) is 5.11 Å². The molecule has 0 aromatic heterocycles. The summed E-state index contributed by atoms with van der Waals surface area (Å²) >= 11 is 12.2. The molecule has 2 N–H and O–H groups in total. The third-order valence-corrected chi connectivity index (χ3v) is 3.29. The second-order valence-electron chi connectivity index (χ2n) is 3.42. The van der Waals surface area contributed by atoms with Crippen LogP contribution in [-0.4, -0.2) is 32.4 Å². The summed E-state index contributed by atoms with van der Waals surface area (Å²) in [7, 11) is 3.36. The van der Waals surface area contributed by atoms with Gasteiger partial charge in [0.1, 0.15) is 10.8 Å². The van der Waals surface area contributed by atoms with Crippen LogP contribution in [0.15, 0.2) is 12.1 Å². The van der Waals surface area contributed by atoms with E-state index in [2.05, 4.69) is 5.32 Å². The summed E-state index contributed by atoms with van der Waals surface area (Å²) in [5, 5.41) is 13.1. The molecule has 0 amide bonds. The molecule has 5 heteroatoms. The Labute approximate surface area is 105 Å². The molecule has 0 radical (unpaired) electrons. The quantitative estimate of drug-likeness (QED) is 0.857. The Morgan fingerprint density at radius 2 is 2.06 bits per heavy atom. The fraction of sp³-hybridized carbons (Fsp3) is 0.455. The molecular weight excluding hydrogens is 249 g/mol. The van der Waals surface area contributed by atoms with Crippen LogP contribution in [0.2, 0.25) is 10.0 Å². The second kappa shape index (κ2) is 6.30. The normalized spacial score (nSPS) is 12.6. The van der Waals surface area contributed by atoms with Crippen LogP contribution in [-0.2, 0) is 0 Å². The van der Waals surface area contributed by atoms with Gasteiger partial charge >= 0.3 is 0 Å². The molecule has 0 fully saturated rings. The molecule has 0 aliphatic rings. The van der Waals surface area contributed by atoms with Gasteiger partial charge in [-0.25, -0.2) is 0 Å². The summed E-state index contributed by atoms with van der Waals surface area (Å²) in [5.41, 5.74) is 0.823. The Balaban J connectivity index is 3.09. The summed E-state index contributed by atoms with van der Waals surface area (Å²) < 4.78 is 5.06. The maximum Gasteiger partial charge on any atom is 0.138 e. The zero-order chi connectivity index (χ0) is 12.1. The summed E-state index contributed by atoms with van der Waals surface area (Å²) in [6.07, 6.45) is 0. The molecule has 0 heterocycles. The Bertz CT molecular complexity index is 358. The van der Waals surface area contributed by atoms with Crippen molar-refractivity contribution in [3.8, 4) is 5.75 Å². The van der Waals surface area contributed by atoms with Gasteiger partial charge in [0, 0.05) is 12.5 Å². The molecular formula is C11H15Cl2NO2. The lowest BCUT2D eigenvalue weighted by Crippen LogP contribution is -2.20. The molecule has 0 saturated carbocycles. The van der Waals surface area contributed by atoms with Crippen molar-refractivity contribution >= 4 is 23.2 Å². The second-order valence-corrected chi connectivity index (χ2v) is 4.18. The van der Waals surface area contributed by atoms with Crippen LogP contribution in [0.4, 0.5) is 0 Å². The predicted molar refractivity (Wildman–Crippen MR) is 66.8 cm³/mol. The smallest absolute Gasteiger partial charge is 0.138 e. The minimum atomic E-state index is -0.0686. The lowest BCUT2D eigenvalue weighted by Gasteiger charge is -2.17. The van der Waals surface area contributed by atoms with Crippen molar-refractivity contribution in [2.24, 2.45) is 0 Å². The third-order valence-electron chi connectivity index (χ3n) is 2.41. The summed E-state index contributed by atoms with van der Waals surface area (Å²) in [6.45, 7) is 0.655. The van der Waals surface area contributed by atoms with Crippen LogP contribution >= 0.6 is 23.2 Å². The van der Waals surface area contributed by atoms with Crippen molar-refractivity contribution in [3.63, 3.8) is 0 Å². The number of hydrogen-bond donors (Lipinski definition) is 2. The van der Waals surface area contributed by atoms with Gasteiger partial charge in [-0.15, -0.1) is 0 Å². The summed E-state index contributed by atoms with van der Waals surface area (Å²) in [4.78, 5) is 0. The van der Waals surface area contributed by atoms with Gasteiger partial charge in [0.05, 0.1) is 18.7 Å². The SMILES string of the molecule is CNCC(CO)c1ccc(OC)c(Cl)c1Cl. The standard InChI is InChI=1S/C11H15Cl2NO2/c1-14-5-7(6-15)8-3-4-9(16-2)11(13)10(8)12/h3-4,7,14-15H,5-6H2,1-2H3. The molecule has 0 spiro atoms. The Hall–Kier alpha value is -0.480. The van der Waals surface area contributed by atoms with E-state index in [1.807, 2.05) is 13.1 Å². The van der Waals surface area contributed by atoms with E-state index in [0.717, 1.165) is 5.56 Å². The van der Waals surface area contributed by atoms with Crippen molar-refractivity contribution < 1.29 is 9.84 Å². The van der Waals surface area contributed by atoms with Gasteiger partial charge in [0.25, 0.3) is 0 Å². The lowest BCUT2D eigenvalue weighted by molar-refractivity contribution is 0.263. The van der Waals surface area contributed by atoms with Gasteiger partial charge in [-0.3, -0.25) is 0 Å². The maximum absolute atomic E-state index is 9.28. The topological polar surface area (TPSA) is 41.5 Å². The van der Waals surface area contributed by atoms with Crippen LogP contribution in [0.3, 0.4) is 0 Å². The molecule has 90 valence electrons. The fourth-order valence-corrected chi connectivity index (χ4v) is 2.10. The highest BCUT2D eigenvalue weighted by molar-refractivity contribution is 6.43. The zero-order valence-electron chi connectivity index (χ0n) is 9.26. The fourth-order valence-electron chi connectivity index (χ4n) is 1.54. The zero-order valence-corrected chi connectivity index (χ0v) is 10.8. The van der Waals surface area contributed by atoms with Crippen LogP contribution in [0.5, 0.6) is 5.75 Å². The number of likely N-dealkylation sites (N-methyl/N-ethyl adjacent to an activating group) is 1. The molecule has 0 bridgehead atoms. The first kappa shape index (κ1) is 13.6. The third kappa shape index (κ3) is 2.80. The van der Waals surface area contributed by atoms with E-state index in [1.165, 1.54) is 7.11 Å². The van der Waals surface area contributed by atoms with Crippen molar-refractivity contribution in [3.05, 3.63) is 27.7 Å². The molecule has 3 nitrogen and oxygen atoms in total. The van der Waals surface area contributed by atoms with E-state index in [-0.39, 0.29) is 12.5 Å². The molecule has 0 saturated heterocycles. The number of ether oxygens (including phenoxy) is 1. The first-order valence-corrected chi connectivity index (χ1v) is 5.68. The van der Waals surface area contributed by atoms with E-state index < -0.39 is 0 Å². The molecule has 0 aliphatic carbocycles. The van der Waals surface area contributed by atoms with E-state index in [4.69, 9.17) is 27.9 Å². The first-order valence-electron chi connectivity index (χ1n) is 4.93. The predicted octanol–water partition coefficient (Wildman–Crippen LogP) is 2.30. The lowest BCUT2D eigenvalue weighted by atomic mass is 10.00. The van der Waals surface area contributed by atoms with Gasteiger partial charge in [-0.1, -0.05) is 29.3 Å². The molecule has 16 heavy (non-hydrogen) atoms. The van der Waals surface area contributed by atoms with Gasteiger partial charge in [-0.05, 0) is 18.7 Å². The Kier molecular flexibility index (Phi) is 5.35. The Morgan fingerprint density at radius 3 is 2.56 bits per heavy atom. The molecule has 1 rings (SSSR count). The van der Waals surface area contributed by atoms with Crippen molar-refractivity contribution in [2.45, 2.75) is 5.92 Å². The largest absolute Gasteiger partial charge is 0.495 e. The molecule has 0 aliphatic heterocycles. The number of hydrogen-bond acceptors (Lipinski definition) is 3. The maximum atomic E-state index is 9.28. The van der Waals surface area contributed by atoms with Crippen LogP contribution in [0, 0.1) is 0 Å². The number of methoxy groups -OCH3 is 1. The summed E-state index contributed by atoms with van der Waals surface area (Å²) in [5.74, 6) is 0.470. The van der Waals surface area contributed by atoms with Crippen molar-refractivity contribution in [2.75, 3.05) is 27.3 Å². The van der Waals surface area contributed by atoms with Gasteiger partial charge in [0.2, 0.25) is 0 Å². The van der Waals surface area contributed by atoms with Crippen LogP contribution in [0.1, 0.15) is 11.5 Å². The number of rotatable bonds is 5. The highest BCUT2D eigenvalue weighted by Crippen LogP contribution is 2.37. The van der Waals surface area contributed by atoms with E-state index >= 15 is 0 Å². The van der Waals surface area contributed by atoms with Crippen molar-refractivity contribution in [1.82, 2.24) is 5.32 Å². The van der Waals surface area contributed by atoms with E-state index in [1.54, 1.807) is 6.07 Å². The molecule has 1 aromatic carbocycles. The molecule has 1 unspecified atom stereocenters. The number of benzene rings is 1. The summed E-state index contributed by atoms with van der Waals surface area (Å²) in [6, 6.07) is 3.58. The van der Waals surface area contributed by atoms with Gasteiger partial charge in [0.15, 0.2) is 0 Å². The minimum absolute atomic E-state index is 0.0171. The highest BCUT2D eigenvalue weighted by atomic mass is 35.5. The highest BCUT2D eigenvalue weighted by Gasteiger charge is 2.17. The Morgan fingerprint density at radius 1 is 1.38 bits per heavy atom. The molecule has 1 atom stereocenters. The average Bonchev–Trinajstić information content (AvgIpc) is 2.30.